The van der Waals surface area contributed by atoms with Gasteiger partial charge in [-0.15, -0.1) is 0 Å². The van der Waals surface area contributed by atoms with E-state index in [1.165, 1.54) is 12.6 Å². The molecule has 39 heavy (non-hydrogen) atoms. The topological polar surface area (TPSA) is 71.4 Å². The fourth-order valence-electron chi connectivity index (χ4n) is 6.76. The lowest BCUT2D eigenvalue weighted by molar-refractivity contribution is -0.185. The van der Waals surface area contributed by atoms with Crippen LogP contribution < -0.4 is 5.43 Å². The molecule has 2 N–H and O–H groups in total. The minimum absolute atomic E-state index is 0.131. The highest BCUT2D eigenvalue weighted by atomic mass is 19.4. The molecule has 3 fully saturated rings. The molecular weight excluding hydrogens is 507 g/mol. The molecule has 0 aromatic heterocycles. The third-order valence-corrected chi connectivity index (χ3v) is 9.30. The molecule has 1 amide bonds. The van der Waals surface area contributed by atoms with E-state index in [9.17, 15) is 23.1 Å². The second-order valence-corrected chi connectivity index (χ2v) is 11.7. The number of halogens is 3. The highest BCUT2D eigenvalue weighted by Crippen LogP contribution is 2.68. The van der Waals surface area contributed by atoms with Crippen LogP contribution in [0.5, 0.6) is 0 Å². The Labute approximate surface area is 228 Å². The minimum Gasteiger partial charge on any atom is -0.376 e. The van der Waals surface area contributed by atoms with Crippen LogP contribution in [0, 0.1) is 29.6 Å². The van der Waals surface area contributed by atoms with Gasteiger partial charge in [-0.2, -0.15) is 13.2 Å². The van der Waals surface area contributed by atoms with Crippen LogP contribution in [0.2, 0.25) is 0 Å². The maximum atomic E-state index is 13.7. The van der Waals surface area contributed by atoms with Crippen molar-refractivity contribution in [1.29, 1.82) is 0 Å². The van der Waals surface area contributed by atoms with Gasteiger partial charge in [0.05, 0.1) is 0 Å². The second kappa shape index (κ2) is 10.5. The van der Waals surface area contributed by atoms with Crippen LogP contribution in [0.25, 0.3) is 0 Å². The van der Waals surface area contributed by atoms with Crippen molar-refractivity contribution in [2.24, 2.45) is 34.6 Å². The first-order valence-corrected chi connectivity index (χ1v) is 14.1. The van der Waals surface area contributed by atoms with Crippen LogP contribution in [0.15, 0.2) is 53.3 Å². The first-order chi connectivity index (χ1) is 18.5. The number of hydrogen-bond donors (Lipinski definition) is 2. The van der Waals surface area contributed by atoms with Crippen LogP contribution in [0.3, 0.4) is 0 Å². The number of hydrogen-bond acceptors (Lipinski definition) is 6. The summed E-state index contributed by atoms with van der Waals surface area (Å²) in [6.45, 7) is 10.4. The number of allylic oxidation sites excluding steroid dienone is 5. The van der Waals surface area contributed by atoms with E-state index in [0.29, 0.717) is 56.3 Å². The summed E-state index contributed by atoms with van der Waals surface area (Å²) in [7, 11) is 0. The van der Waals surface area contributed by atoms with Crippen LogP contribution in [-0.4, -0.2) is 82.2 Å². The number of piperazine rings is 1. The summed E-state index contributed by atoms with van der Waals surface area (Å²) in [4.78, 5) is 21.5. The van der Waals surface area contributed by atoms with E-state index in [0.717, 1.165) is 17.5 Å². The number of nitrogens with one attached hydrogen (secondary N) is 1. The van der Waals surface area contributed by atoms with Crippen LogP contribution in [-0.2, 0) is 4.79 Å². The molecule has 0 aromatic rings. The zero-order valence-corrected chi connectivity index (χ0v) is 22.9. The molecule has 3 aliphatic carbocycles. The molecule has 1 saturated heterocycles. The Hall–Kier alpha value is -2.43. The number of alkyl halides is 3. The highest BCUT2D eigenvalue weighted by Gasteiger charge is 2.67. The van der Waals surface area contributed by atoms with Crippen LogP contribution in [0.1, 0.15) is 40.0 Å². The Bertz CT molecular complexity index is 1090. The maximum Gasteiger partial charge on any atom is 0.410 e. The number of rotatable bonds is 8. The lowest BCUT2D eigenvalue weighted by atomic mass is 10.0. The van der Waals surface area contributed by atoms with Crippen molar-refractivity contribution < 1.29 is 23.1 Å². The molecule has 8 atom stereocenters. The predicted octanol–water partition coefficient (Wildman–Crippen LogP) is 3.87. The SMILES string of the molecule is C=C/C=C(/C=NC1=CCC(C(=O)N2CCN([C@](C)(O)C3[C@@H]4[C@@H]5C[C@@H]5C=C[C@H]34)CC2)NN1C(C)C(F)(F)F)CC. The molecule has 3 unspecified atom stereocenters. The van der Waals surface area contributed by atoms with Crippen LogP contribution >= 0.6 is 0 Å². The number of amides is 1. The van der Waals surface area contributed by atoms with Crippen molar-refractivity contribution >= 4 is 12.1 Å². The smallest absolute Gasteiger partial charge is 0.376 e. The Morgan fingerprint density at radius 2 is 2.00 bits per heavy atom. The molecule has 2 heterocycles. The molecule has 2 saturated carbocycles. The second-order valence-electron chi connectivity index (χ2n) is 11.7. The van der Waals surface area contributed by atoms with E-state index < -0.39 is 24.0 Å². The van der Waals surface area contributed by atoms with E-state index in [-0.39, 0.29) is 24.1 Å². The number of nitrogens with zero attached hydrogens (tertiary/aromatic N) is 4. The normalized spacial score (nSPS) is 35.2. The number of aliphatic imine (C=N–C) groups is 1. The summed E-state index contributed by atoms with van der Waals surface area (Å²) in [6, 6.07) is -2.70. The molecule has 5 rings (SSSR count). The fraction of sp³-hybridized carbons (Fsp3) is 0.655. The van der Waals surface area contributed by atoms with Crippen molar-refractivity contribution in [2.75, 3.05) is 26.2 Å². The Morgan fingerprint density at radius 1 is 1.28 bits per heavy atom. The van der Waals surface area contributed by atoms with Gasteiger partial charge in [0, 0.05) is 38.3 Å². The standard InChI is InChI=1S/C29H40F3N5O2/c1-5-7-19(6-2)17-33-24-11-10-23(34-37(24)18(3)29(30,31)32)27(38)35-12-14-36(15-13-35)28(4,39)26-21-9-8-20-16-22(20)25(21)26/h5,7-9,11,17-18,20-23,25-26,34,39H,1,6,10,12-16H2,2-4H3/b19-7+,33-17?/t18?,20-,21-,22+,23?,25-,26?,28+/m0/s1. The van der Waals surface area contributed by atoms with Gasteiger partial charge in [-0.25, -0.2) is 10.4 Å². The average molecular weight is 548 g/mol. The van der Waals surface area contributed by atoms with Gasteiger partial charge in [0.2, 0.25) is 5.91 Å². The van der Waals surface area contributed by atoms with Gasteiger partial charge in [-0.05, 0) is 68.4 Å². The van der Waals surface area contributed by atoms with Gasteiger partial charge < -0.3 is 10.0 Å². The maximum absolute atomic E-state index is 13.7. The van der Waals surface area contributed by atoms with Gasteiger partial charge in [-0.3, -0.25) is 14.7 Å². The van der Waals surface area contributed by atoms with E-state index in [1.807, 2.05) is 13.8 Å². The number of hydrazine groups is 1. The summed E-state index contributed by atoms with van der Waals surface area (Å²) >= 11 is 0. The summed E-state index contributed by atoms with van der Waals surface area (Å²) in [5, 5.41) is 12.5. The monoisotopic (exact) mass is 547 g/mol. The molecule has 10 heteroatoms. The molecular formula is C29H40F3N5O2. The van der Waals surface area contributed by atoms with Gasteiger partial charge >= 0.3 is 6.18 Å². The minimum atomic E-state index is -4.51. The third-order valence-electron chi connectivity index (χ3n) is 9.30. The number of aliphatic hydroxyl groups is 1. The van der Waals surface area contributed by atoms with E-state index in [4.69, 9.17) is 0 Å². The summed E-state index contributed by atoms with van der Waals surface area (Å²) in [5.41, 5.74) is 2.72. The lowest BCUT2D eigenvalue weighted by Crippen LogP contribution is -2.63. The van der Waals surface area contributed by atoms with E-state index in [2.05, 4.69) is 34.0 Å². The lowest BCUT2D eigenvalue weighted by Gasteiger charge is -2.45. The average Bonchev–Trinajstić information content (AvgIpc) is 3.82. The first-order valence-electron chi connectivity index (χ1n) is 14.1. The molecule has 0 spiro atoms. The molecule has 5 aliphatic rings. The fourth-order valence-corrected chi connectivity index (χ4v) is 6.76. The van der Waals surface area contributed by atoms with Crippen molar-refractivity contribution in [2.45, 2.75) is 64.0 Å². The molecule has 2 aliphatic heterocycles. The zero-order valence-electron chi connectivity index (χ0n) is 22.9. The zero-order chi connectivity index (χ0) is 28.1. The van der Waals surface area contributed by atoms with Crippen molar-refractivity contribution in [1.82, 2.24) is 20.2 Å². The van der Waals surface area contributed by atoms with E-state index in [1.54, 1.807) is 23.1 Å². The molecule has 214 valence electrons. The van der Waals surface area contributed by atoms with Crippen LogP contribution in [0.4, 0.5) is 13.2 Å². The predicted molar refractivity (Wildman–Crippen MR) is 144 cm³/mol. The van der Waals surface area contributed by atoms with Gasteiger partial charge in [0.15, 0.2) is 0 Å². The van der Waals surface area contributed by atoms with Gasteiger partial charge in [0.1, 0.15) is 23.6 Å². The van der Waals surface area contributed by atoms with Crippen molar-refractivity contribution in [3.05, 3.63) is 48.4 Å². The van der Waals surface area contributed by atoms with Crippen molar-refractivity contribution in [3.8, 4) is 0 Å². The van der Waals surface area contributed by atoms with Gasteiger partial charge in [0.25, 0.3) is 0 Å². The largest absolute Gasteiger partial charge is 0.410 e. The Morgan fingerprint density at radius 3 is 2.64 bits per heavy atom. The van der Waals surface area contributed by atoms with Gasteiger partial charge in [-0.1, -0.05) is 37.8 Å². The summed E-state index contributed by atoms with van der Waals surface area (Å²) in [5.74, 6) is 2.54. The number of carbonyl (C=O) groups is 1. The number of fused-ring (bicyclic) bond motifs is 3. The van der Waals surface area contributed by atoms with E-state index >= 15 is 0 Å². The first kappa shape index (κ1) is 28.1. The summed E-state index contributed by atoms with van der Waals surface area (Å²) in [6.07, 6.45) is 8.71. The molecule has 0 radical (unpaired) electrons. The highest BCUT2D eigenvalue weighted by molar-refractivity contribution is 5.82. The molecule has 7 nitrogen and oxygen atoms in total. The quantitative estimate of drug-likeness (QED) is 0.274. The Balaban J connectivity index is 1.22. The summed E-state index contributed by atoms with van der Waals surface area (Å²) < 4.78 is 41.2. The number of carbonyl (C=O) groups excluding carboxylic acids is 1. The third kappa shape index (κ3) is 5.47. The molecule has 0 bridgehead atoms. The molecule has 0 aromatic carbocycles. The van der Waals surface area contributed by atoms with Crippen molar-refractivity contribution in [3.63, 3.8) is 0 Å². The Kier molecular flexibility index (Phi) is 7.58.